The van der Waals surface area contributed by atoms with E-state index >= 15 is 0 Å². The molecule has 0 saturated carbocycles. The molecule has 0 amide bonds. The first-order valence-electron chi connectivity index (χ1n) is 11.1. The summed E-state index contributed by atoms with van der Waals surface area (Å²) >= 11 is 0. The molecule has 1 aromatic carbocycles. The van der Waals surface area contributed by atoms with Gasteiger partial charge in [0.1, 0.15) is 11.6 Å². The average molecular weight is 424 g/mol. The Hall–Kier alpha value is -2.73. The number of nitrogens with zero attached hydrogens (tertiary/aromatic N) is 4. The first-order chi connectivity index (χ1) is 14.9. The predicted octanol–water partition coefficient (Wildman–Crippen LogP) is 4.66. The molecule has 0 bridgehead atoms. The number of nitrogens with one attached hydrogen (secondary N) is 1. The lowest BCUT2D eigenvalue weighted by molar-refractivity contribution is 0.301. The molecule has 1 unspecified atom stereocenters. The fourth-order valence-electron chi connectivity index (χ4n) is 3.44. The maximum atomic E-state index is 10.8. The van der Waals surface area contributed by atoms with Crippen LogP contribution in [-0.4, -0.2) is 60.5 Å². The molecule has 168 valence electrons. The summed E-state index contributed by atoms with van der Waals surface area (Å²) in [6.45, 7) is 13.2. The summed E-state index contributed by atoms with van der Waals surface area (Å²) in [5, 5.41) is 23.3. The molecule has 2 rings (SSSR count). The normalized spacial score (nSPS) is 19.4. The summed E-state index contributed by atoms with van der Waals surface area (Å²) in [6, 6.07) is 6.11. The third kappa shape index (κ3) is 7.17. The van der Waals surface area contributed by atoms with Gasteiger partial charge < -0.3 is 15.3 Å². The number of rotatable bonds is 7. The fourth-order valence-corrected chi connectivity index (χ4v) is 3.44. The van der Waals surface area contributed by atoms with Gasteiger partial charge in [0.25, 0.3) is 0 Å². The van der Waals surface area contributed by atoms with Gasteiger partial charge in [-0.25, -0.2) is 0 Å². The molecular formula is C25H37N5O. The van der Waals surface area contributed by atoms with E-state index in [-0.39, 0.29) is 5.75 Å². The molecule has 0 aromatic heterocycles. The first-order valence-corrected chi connectivity index (χ1v) is 11.1. The van der Waals surface area contributed by atoms with Crippen molar-refractivity contribution in [1.29, 1.82) is 0 Å². The van der Waals surface area contributed by atoms with Crippen LogP contribution in [0.4, 0.5) is 0 Å². The van der Waals surface area contributed by atoms with Gasteiger partial charge >= 0.3 is 0 Å². The van der Waals surface area contributed by atoms with E-state index in [1.807, 2.05) is 31.3 Å². The Bertz CT molecular complexity index is 895. The Morgan fingerprint density at radius 1 is 1.26 bits per heavy atom. The van der Waals surface area contributed by atoms with E-state index in [2.05, 4.69) is 59.2 Å². The lowest BCUT2D eigenvalue weighted by atomic mass is 9.99. The van der Waals surface area contributed by atoms with Crippen LogP contribution in [-0.2, 0) is 0 Å². The van der Waals surface area contributed by atoms with Gasteiger partial charge in [-0.1, -0.05) is 31.6 Å². The number of benzene rings is 1. The zero-order valence-electron chi connectivity index (χ0n) is 19.8. The highest BCUT2D eigenvalue weighted by Gasteiger charge is 2.16. The molecule has 31 heavy (non-hydrogen) atoms. The minimum Gasteiger partial charge on any atom is -0.507 e. The van der Waals surface area contributed by atoms with Gasteiger partial charge in [0.2, 0.25) is 0 Å². The molecular weight excluding hydrogens is 386 g/mol. The Kier molecular flexibility index (Phi) is 9.66. The summed E-state index contributed by atoms with van der Waals surface area (Å²) in [5.74, 6) is 1.07. The number of piperazine rings is 1. The van der Waals surface area contributed by atoms with Crippen LogP contribution in [0.2, 0.25) is 0 Å². The number of aromatic hydroxyl groups is 1. The molecule has 2 N–H and O–H groups in total. The Morgan fingerprint density at radius 3 is 2.65 bits per heavy atom. The summed E-state index contributed by atoms with van der Waals surface area (Å²) in [4.78, 5) is 6.38. The molecule has 1 fully saturated rings. The molecule has 1 atom stereocenters. The number of phenols is 1. The van der Waals surface area contributed by atoms with E-state index in [1.165, 1.54) is 5.57 Å². The highest BCUT2D eigenvalue weighted by atomic mass is 16.3. The van der Waals surface area contributed by atoms with Crippen LogP contribution in [0.5, 0.6) is 5.75 Å². The third-order valence-electron chi connectivity index (χ3n) is 5.37. The van der Waals surface area contributed by atoms with Crippen molar-refractivity contribution in [2.24, 2.45) is 15.2 Å². The van der Waals surface area contributed by atoms with Crippen molar-refractivity contribution in [2.75, 3.05) is 26.7 Å². The number of allylic oxidation sites excluding steroid dienone is 4. The number of hydrogen-bond acceptors (Lipinski definition) is 5. The molecule has 1 aliphatic heterocycles. The highest BCUT2D eigenvalue weighted by Crippen LogP contribution is 2.25. The quantitative estimate of drug-likeness (QED) is 0.381. The van der Waals surface area contributed by atoms with E-state index in [4.69, 9.17) is 0 Å². The lowest BCUT2D eigenvalue weighted by Gasteiger charge is -2.32. The van der Waals surface area contributed by atoms with Gasteiger partial charge in [-0.05, 0) is 63.0 Å². The van der Waals surface area contributed by atoms with Crippen LogP contribution in [0.1, 0.15) is 58.6 Å². The van der Waals surface area contributed by atoms with Gasteiger partial charge in [0.15, 0.2) is 0 Å². The Labute approximate surface area is 187 Å². The van der Waals surface area contributed by atoms with Crippen LogP contribution < -0.4 is 5.32 Å². The van der Waals surface area contributed by atoms with Gasteiger partial charge in [-0.2, -0.15) is 0 Å². The first kappa shape index (κ1) is 24.5. The monoisotopic (exact) mass is 423 g/mol. The molecule has 1 saturated heterocycles. The summed E-state index contributed by atoms with van der Waals surface area (Å²) in [7, 11) is 1.75. The van der Waals surface area contributed by atoms with E-state index in [0.29, 0.717) is 17.3 Å². The van der Waals surface area contributed by atoms with Crippen molar-refractivity contribution in [1.82, 2.24) is 10.2 Å². The van der Waals surface area contributed by atoms with Crippen LogP contribution in [0, 0.1) is 0 Å². The molecule has 0 spiro atoms. The summed E-state index contributed by atoms with van der Waals surface area (Å²) in [6.07, 6.45) is 7.72. The number of aliphatic imine (C=N–C) groups is 1. The fraction of sp³-hybridized carbons (Fsp3) is 0.480. The smallest absolute Gasteiger partial charge is 0.125 e. The Morgan fingerprint density at radius 2 is 2.03 bits per heavy atom. The largest absolute Gasteiger partial charge is 0.507 e. The van der Waals surface area contributed by atoms with Crippen LogP contribution in [0.25, 0.3) is 5.57 Å². The topological polar surface area (TPSA) is 72.6 Å². The number of phenolic OH excluding ortho intramolecular Hbond substituents is 1. The minimum absolute atomic E-state index is 0.187. The molecule has 0 radical (unpaired) electrons. The predicted molar refractivity (Wildman–Crippen MR) is 134 cm³/mol. The molecule has 1 heterocycles. The lowest BCUT2D eigenvalue weighted by Crippen LogP contribution is -2.50. The van der Waals surface area contributed by atoms with E-state index in [0.717, 1.165) is 49.4 Å². The maximum Gasteiger partial charge on any atom is 0.125 e. The van der Waals surface area contributed by atoms with Gasteiger partial charge in [0.05, 0.1) is 5.71 Å². The molecule has 0 aliphatic carbocycles. The van der Waals surface area contributed by atoms with Crippen molar-refractivity contribution >= 4 is 23.3 Å². The van der Waals surface area contributed by atoms with Gasteiger partial charge in [-0.3, -0.25) is 4.99 Å². The van der Waals surface area contributed by atoms with Crippen molar-refractivity contribution in [2.45, 2.75) is 53.5 Å². The average Bonchev–Trinajstić information content (AvgIpc) is 2.76. The van der Waals surface area contributed by atoms with E-state index < -0.39 is 0 Å². The molecule has 6 heteroatoms. The zero-order chi connectivity index (χ0) is 22.8. The van der Waals surface area contributed by atoms with Crippen LogP contribution in [0.15, 0.2) is 51.1 Å². The Balaban J connectivity index is 2.43. The maximum absolute atomic E-state index is 10.8. The second-order valence-electron chi connectivity index (χ2n) is 7.96. The molecule has 1 aliphatic rings. The second-order valence-corrected chi connectivity index (χ2v) is 7.96. The van der Waals surface area contributed by atoms with Gasteiger partial charge in [0, 0.05) is 44.5 Å². The van der Waals surface area contributed by atoms with Crippen molar-refractivity contribution in [3.8, 4) is 5.75 Å². The highest BCUT2D eigenvalue weighted by molar-refractivity contribution is 6.13. The van der Waals surface area contributed by atoms with Crippen molar-refractivity contribution < 1.29 is 5.11 Å². The summed E-state index contributed by atoms with van der Waals surface area (Å²) in [5.41, 5.74) is 4.43. The van der Waals surface area contributed by atoms with Crippen molar-refractivity contribution in [3.63, 3.8) is 0 Å². The van der Waals surface area contributed by atoms with Crippen LogP contribution >= 0.6 is 0 Å². The molecule has 1 aromatic rings. The third-order valence-corrected chi connectivity index (χ3v) is 5.37. The second kappa shape index (κ2) is 12.2. The van der Waals surface area contributed by atoms with Crippen molar-refractivity contribution in [3.05, 3.63) is 47.1 Å². The minimum atomic E-state index is 0.187. The van der Waals surface area contributed by atoms with Crippen LogP contribution in [0.3, 0.4) is 0 Å². The summed E-state index contributed by atoms with van der Waals surface area (Å²) < 4.78 is 0. The zero-order valence-corrected chi connectivity index (χ0v) is 19.8. The number of amidine groups is 1. The van der Waals surface area contributed by atoms with E-state index in [1.54, 1.807) is 13.1 Å². The number of hydrogen-bond donors (Lipinski definition) is 2. The molecule has 6 nitrogen and oxygen atoms in total. The van der Waals surface area contributed by atoms with E-state index in [9.17, 15) is 5.11 Å². The SMILES string of the molecule is CC/C=C(\C=NC)c1ccc(C(/C=C(\C)CC)=N/N=C(\C)N2CCNC(C)C2)c(O)c1. The van der Waals surface area contributed by atoms with Gasteiger partial charge in [-0.15, -0.1) is 10.2 Å². The standard InChI is InChI=1S/C25H37N5O/c1-7-9-22(16-26-6)21-10-11-23(25(31)15-21)24(14-18(3)8-2)29-28-20(5)30-13-12-27-19(4)17-30/h9-11,14-16,19,27,31H,7-8,12-13,17H2,1-6H3/b18-14+,22-9+,26-16?,28-20+,29-24+.